The zero-order valence-corrected chi connectivity index (χ0v) is 27.0. The number of amides is 1. The van der Waals surface area contributed by atoms with Crippen LogP contribution >= 0.6 is 0 Å². The molecule has 0 spiro atoms. The third-order valence-corrected chi connectivity index (χ3v) is 10.3. The average molecular weight is 655 g/mol. The molecule has 13 heteroatoms. The van der Waals surface area contributed by atoms with E-state index >= 15 is 4.39 Å². The van der Waals surface area contributed by atoms with Gasteiger partial charge in [0.25, 0.3) is 11.5 Å². The van der Waals surface area contributed by atoms with Gasteiger partial charge in [0.15, 0.2) is 5.82 Å². The van der Waals surface area contributed by atoms with E-state index in [4.69, 9.17) is 9.72 Å². The number of aliphatic hydroxyl groups is 1. The highest BCUT2D eigenvalue weighted by Gasteiger charge is 2.37. The van der Waals surface area contributed by atoms with Crippen LogP contribution in [-0.2, 0) is 37.8 Å². The second-order valence-corrected chi connectivity index (χ2v) is 13.0. The van der Waals surface area contributed by atoms with Crippen molar-refractivity contribution >= 4 is 28.9 Å². The maximum atomic E-state index is 15.6. The van der Waals surface area contributed by atoms with Crippen molar-refractivity contribution in [2.45, 2.75) is 44.9 Å². The van der Waals surface area contributed by atoms with Crippen LogP contribution in [0.25, 0.3) is 11.3 Å². The minimum atomic E-state index is -0.476. The second-order valence-electron chi connectivity index (χ2n) is 13.0. The number of piperazine rings is 1. The molecule has 3 aliphatic heterocycles. The molecule has 0 atom stereocenters. The van der Waals surface area contributed by atoms with E-state index in [0.717, 1.165) is 70.0 Å². The van der Waals surface area contributed by atoms with Crippen molar-refractivity contribution < 1.29 is 19.0 Å². The van der Waals surface area contributed by atoms with Gasteiger partial charge in [0, 0.05) is 81.0 Å². The second kappa shape index (κ2) is 12.5. The van der Waals surface area contributed by atoms with E-state index in [1.807, 2.05) is 22.9 Å². The summed E-state index contributed by atoms with van der Waals surface area (Å²) in [7, 11) is 1.66. The number of carbonyl (C=O) groups is 1. The van der Waals surface area contributed by atoms with Crippen molar-refractivity contribution in [3.8, 4) is 11.3 Å². The van der Waals surface area contributed by atoms with E-state index in [9.17, 15) is 14.7 Å². The van der Waals surface area contributed by atoms with Gasteiger partial charge in [0.2, 0.25) is 0 Å². The number of hydrogen-bond acceptors (Lipinski definition) is 9. The van der Waals surface area contributed by atoms with Crippen LogP contribution in [0.4, 0.5) is 27.4 Å². The molecule has 0 unspecified atom stereocenters. The summed E-state index contributed by atoms with van der Waals surface area (Å²) in [6, 6.07) is 9.37. The van der Waals surface area contributed by atoms with Crippen LogP contribution < -0.4 is 20.7 Å². The highest BCUT2D eigenvalue weighted by Crippen LogP contribution is 2.37. The Bertz CT molecular complexity index is 1930. The number of nitrogens with zero attached hydrogens (tertiary/aromatic N) is 7. The van der Waals surface area contributed by atoms with E-state index < -0.39 is 18.3 Å². The molecule has 0 saturated carbocycles. The molecular formula is C35H39FN8O4. The first kappa shape index (κ1) is 30.7. The summed E-state index contributed by atoms with van der Waals surface area (Å²) in [5.74, 6) is -0.0761. The number of carbonyl (C=O) groups excluding carboxylic acids is 1. The van der Waals surface area contributed by atoms with Gasteiger partial charge >= 0.3 is 0 Å². The predicted molar refractivity (Wildman–Crippen MR) is 179 cm³/mol. The molecule has 48 heavy (non-hydrogen) atoms. The number of halogens is 1. The highest BCUT2D eigenvalue weighted by atomic mass is 19.1. The zero-order valence-electron chi connectivity index (χ0n) is 27.0. The number of aromatic nitrogens is 4. The van der Waals surface area contributed by atoms with Crippen molar-refractivity contribution in [1.29, 1.82) is 0 Å². The fraction of sp³-hybridized carbons (Fsp3) is 0.429. The molecule has 1 aliphatic carbocycles. The van der Waals surface area contributed by atoms with Crippen LogP contribution in [0.15, 0.2) is 47.5 Å². The first-order chi connectivity index (χ1) is 23.4. The van der Waals surface area contributed by atoms with Crippen molar-refractivity contribution in [2.24, 2.45) is 7.05 Å². The van der Waals surface area contributed by atoms with Crippen LogP contribution in [-0.4, -0.2) is 87.0 Å². The third-order valence-electron chi connectivity index (χ3n) is 10.3. The third kappa shape index (κ3) is 5.17. The number of anilines is 4. The van der Waals surface area contributed by atoms with E-state index in [2.05, 4.69) is 20.1 Å². The van der Waals surface area contributed by atoms with Gasteiger partial charge in [0.1, 0.15) is 17.3 Å². The Labute approximate surface area is 277 Å². The molecule has 0 radical (unpaired) electrons. The molecule has 1 amide bonds. The van der Waals surface area contributed by atoms with E-state index in [-0.39, 0.29) is 23.6 Å². The number of ether oxygens (including phenoxy) is 1. The molecule has 4 aliphatic rings. The Hall–Kier alpha value is -4.59. The minimum Gasteiger partial charge on any atom is -0.392 e. The van der Waals surface area contributed by atoms with Gasteiger partial charge in [-0.2, -0.15) is 0 Å². The lowest BCUT2D eigenvalue weighted by molar-refractivity contribution is -0.0660. The number of hydrogen-bond donors (Lipinski definition) is 2. The number of aliphatic hydroxyl groups excluding tert-OH is 1. The number of rotatable bonds is 7. The Kier molecular flexibility index (Phi) is 7.97. The van der Waals surface area contributed by atoms with Gasteiger partial charge in [-0.25, -0.2) is 14.4 Å². The summed E-state index contributed by atoms with van der Waals surface area (Å²) in [4.78, 5) is 42.3. The standard InChI is InChI=1S/C35H39FN8O4/c1-40-30(46)9-7-27(39-29-8-6-22(18-38-29)41-12-14-42(15-13-41)23-20-48-21-23)32(40)24-10-11-37-34(26(24)19-45)44-17-16-43-28-5-3-2-4-25(28)31(36)33(43)35(44)47/h6-11,18,23,45H,2-5,12-17,19-21H2,1H3,(H,38,39). The Morgan fingerprint density at radius 1 is 0.958 bits per heavy atom. The summed E-state index contributed by atoms with van der Waals surface area (Å²) >= 11 is 0. The van der Waals surface area contributed by atoms with Gasteiger partial charge in [0.05, 0.1) is 49.1 Å². The van der Waals surface area contributed by atoms with E-state index in [0.29, 0.717) is 52.9 Å². The highest BCUT2D eigenvalue weighted by molar-refractivity contribution is 6.06. The predicted octanol–water partition coefficient (Wildman–Crippen LogP) is 3.08. The summed E-state index contributed by atoms with van der Waals surface area (Å²) < 4.78 is 24.3. The number of fused-ring (bicyclic) bond motifs is 3. The lowest BCUT2D eigenvalue weighted by atomic mass is 9.97. The molecule has 2 N–H and O–H groups in total. The van der Waals surface area contributed by atoms with Crippen molar-refractivity contribution in [1.82, 2.24) is 24.0 Å². The van der Waals surface area contributed by atoms with Gasteiger partial charge in [-0.05, 0) is 49.9 Å². The monoisotopic (exact) mass is 654 g/mol. The summed E-state index contributed by atoms with van der Waals surface area (Å²) in [6.45, 7) is 5.74. The molecule has 8 rings (SSSR count). The maximum Gasteiger partial charge on any atom is 0.279 e. The summed E-state index contributed by atoms with van der Waals surface area (Å²) in [5, 5.41) is 14.1. The van der Waals surface area contributed by atoms with Crippen LogP contribution in [0.3, 0.4) is 0 Å². The number of nitrogens with one attached hydrogen (secondary N) is 1. The quantitative estimate of drug-likeness (QED) is 0.310. The SMILES string of the molecule is Cn1c(-c2ccnc(N3CCn4c5c(c(F)c4C3=O)CCCC5)c2CO)c(Nc2ccc(N3CCN(C4COC4)CC3)cn2)ccc1=O. The molecule has 12 nitrogen and oxygen atoms in total. The normalized spacial score (nSPS) is 18.4. The van der Waals surface area contributed by atoms with Crippen molar-refractivity contribution in [2.75, 3.05) is 61.1 Å². The van der Waals surface area contributed by atoms with Crippen LogP contribution in [0, 0.1) is 5.82 Å². The first-order valence-corrected chi connectivity index (χ1v) is 16.7. The molecule has 2 fully saturated rings. The Morgan fingerprint density at radius 3 is 2.50 bits per heavy atom. The Balaban J connectivity index is 1.08. The zero-order chi connectivity index (χ0) is 32.9. The molecule has 4 aromatic heterocycles. The van der Waals surface area contributed by atoms with Crippen LogP contribution in [0.1, 0.15) is 40.2 Å². The molecule has 0 aromatic carbocycles. The van der Waals surface area contributed by atoms with Gasteiger partial charge in [-0.1, -0.05) is 0 Å². The average Bonchev–Trinajstić information content (AvgIpc) is 3.38. The molecule has 2 saturated heterocycles. The fourth-order valence-electron chi connectivity index (χ4n) is 7.63. The lowest BCUT2D eigenvalue weighted by Crippen LogP contribution is -2.56. The van der Waals surface area contributed by atoms with E-state index in [1.165, 1.54) is 15.5 Å². The van der Waals surface area contributed by atoms with Crippen molar-refractivity contribution in [3.63, 3.8) is 0 Å². The van der Waals surface area contributed by atoms with E-state index in [1.54, 1.807) is 25.4 Å². The molecule has 250 valence electrons. The molecule has 7 heterocycles. The maximum absolute atomic E-state index is 15.6. The van der Waals surface area contributed by atoms with Crippen LogP contribution in [0.2, 0.25) is 0 Å². The Morgan fingerprint density at radius 2 is 1.77 bits per heavy atom. The fourth-order valence-corrected chi connectivity index (χ4v) is 7.63. The summed E-state index contributed by atoms with van der Waals surface area (Å²) in [5.41, 5.74) is 4.43. The summed E-state index contributed by atoms with van der Waals surface area (Å²) in [6.07, 6.45) is 6.68. The van der Waals surface area contributed by atoms with Crippen molar-refractivity contribution in [3.05, 3.63) is 81.4 Å². The number of pyridine rings is 3. The van der Waals surface area contributed by atoms with Crippen LogP contribution in [0.5, 0.6) is 0 Å². The molecular weight excluding hydrogens is 615 g/mol. The van der Waals surface area contributed by atoms with Gasteiger partial charge < -0.3 is 29.2 Å². The smallest absolute Gasteiger partial charge is 0.279 e. The van der Waals surface area contributed by atoms with Gasteiger partial charge in [-0.3, -0.25) is 19.4 Å². The molecule has 4 aromatic rings. The molecule has 0 bridgehead atoms. The van der Waals surface area contributed by atoms with Gasteiger partial charge in [-0.15, -0.1) is 0 Å². The topological polar surface area (TPSA) is 121 Å². The lowest BCUT2D eigenvalue weighted by Gasteiger charge is -2.43. The minimum absolute atomic E-state index is 0.0584. The first-order valence-electron chi connectivity index (χ1n) is 16.7. The largest absolute Gasteiger partial charge is 0.392 e.